The van der Waals surface area contributed by atoms with Crippen molar-refractivity contribution in [1.29, 1.82) is 0 Å². The van der Waals surface area contributed by atoms with E-state index < -0.39 is 31.8 Å². The highest BCUT2D eigenvalue weighted by Gasteiger charge is 2.50. The molecule has 0 aromatic carbocycles. The Labute approximate surface area is 91.0 Å². The summed E-state index contributed by atoms with van der Waals surface area (Å²) in [4.78, 5) is 0. The molecule has 0 amide bonds. The summed E-state index contributed by atoms with van der Waals surface area (Å²) in [5, 5.41) is 19.3. The fourth-order valence-electron chi connectivity index (χ4n) is 1.18. The van der Waals surface area contributed by atoms with Gasteiger partial charge in [-0.05, 0) is 13.8 Å². The summed E-state index contributed by atoms with van der Waals surface area (Å²) in [7, 11) is 4.00. The van der Waals surface area contributed by atoms with E-state index >= 15 is 0 Å². The van der Waals surface area contributed by atoms with Crippen LogP contribution in [0.1, 0.15) is 13.8 Å². The molecule has 1 fully saturated rings. The zero-order chi connectivity index (χ0) is 11.6. The van der Waals surface area contributed by atoms with Gasteiger partial charge in [-0.3, -0.25) is 0 Å². The first-order valence-electron chi connectivity index (χ1n) is 4.74. The Morgan fingerprint density at radius 3 is 2.67 bits per heavy atom. The molecule has 7 heteroatoms. The molecule has 1 aliphatic rings. The maximum Gasteiger partial charge on any atom is 0.366 e. The Morgan fingerprint density at radius 2 is 2.27 bits per heavy atom. The number of hydrogen-bond donors (Lipinski definition) is 2. The largest absolute Gasteiger partial charge is 0.385 e. The van der Waals surface area contributed by atoms with Crippen LogP contribution in [-0.2, 0) is 14.0 Å². The van der Waals surface area contributed by atoms with Gasteiger partial charge >= 0.3 is 7.80 Å². The van der Waals surface area contributed by atoms with E-state index in [1.807, 2.05) is 0 Å². The van der Waals surface area contributed by atoms with E-state index in [4.69, 9.17) is 17.3 Å². The van der Waals surface area contributed by atoms with Gasteiger partial charge in [0, 0.05) is 0 Å². The van der Waals surface area contributed by atoms with Crippen molar-refractivity contribution in [1.82, 2.24) is 0 Å². The quantitative estimate of drug-likeness (QED) is 0.518. The minimum Gasteiger partial charge on any atom is -0.385 e. The van der Waals surface area contributed by atoms with Gasteiger partial charge < -0.3 is 19.7 Å². The second-order valence-electron chi connectivity index (χ2n) is 3.69. The minimum atomic E-state index is -1.54. The molecule has 0 aromatic heterocycles. The number of hydrogen-bond acceptors (Lipinski definition) is 5. The third kappa shape index (κ3) is 2.77. The summed E-state index contributed by atoms with van der Waals surface area (Å²) in [6, 6.07) is -1.00. The predicted molar refractivity (Wildman–Crippen MR) is 55.1 cm³/mol. The van der Waals surface area contributed by atoms with E-state index in [0.29, 0.717) is 6.16 Å². The van der Waals surface area contributed by atoms with Gasteiger partial charge in [-0.2, -0.15) is 0 Å². The van der Waals surface area contributed by atoms with Crippen molar-refractivity contribution in [3.63, 3.8) is 0 Å². The highest BCUT2D eigenvalue weighted by Crippen LogP contribution is 2.31. The molecule has 0 bridgehead atoms. The van der Waals surface area contributed by atoms with Crippen molar-refractivity contribution in [2.45, 2.75) is 37.8 Å². The number of aliphatic hydroxyl groups is 2. The molecular formula is C8H15BO5P+. The molecule has 0 saturated carbocycles. The second-order valence-corrected chi connectivity index (χ2v) is 5.54. The van der Waals surface area contributed by atoms with Crippen LogP contribution in [-0.4, -0.2) is 54.6 Å². The average Bonchev–Trinajstić information content (AvgIpc) is 2.38. The van der Waals surface area contributed by atoms with Crippen LogP contribution in [0.15, 0.2) is 0 Å². The van der Waals surface area contributed by atoms with Gasteiger partial charge in [0.2, 0.25) is 6.35 Å². The van der Waals surface area contributed by atoms with Crippen LogP contribution < -0.4 is 0 Å². The summed E-state index contributed by atoms with van der Waals surface area (Å²) in [6.45, 7) is 3.14. The first-order chi connectivity index (χ1) is 6.89. The number of aliphatic hydroxyl groups excluding tert-OH is 1. The lowest BCUT2D eigenvalue weighted by atomic mass is 9.83. The van der Waals surface area contributed by atoms with E-state index in [1.54, 1.807) is 6.92 Å². The van der Waals surface area contributed by atoms with Crippen molar-refractivity contribution in [2.75, 3.05) is 12.5 Å². The molecule has 1 rings (SSSR count). The molecule has 0 spiro atoms. The Bertz CT molecular complexity index is 247. The lowest BCUT2D eigenvalue weighted by Crippen LogP contribution is -2.45. The lowest BCUT2D eigenvalue weighted by Gasteiger charge is -2.23. The fraction of sp³-hybridized carbons (Fsp3) is 1.00. The molecule has 1 heterocycles. The van der Waals surface area contributed by atoms with Crippen LogP contribution in [0.25, 0.3) is 0 Å². The molecule has 2 N–H and O–H groups in total. The van der Waals surface area contributed by atoms with Crippen molar-refractivity contribution < 1.29 is 24.3 Å². The first kappa shape index (κ1) is 13.1. The van der Waals surface area contributed by atoms with E-state index in [1.165, 1.54) is 6.92 Å². The molecule has 15 heavy (non-hydrogen) atoms. The van der Waals surface area contributed by atoms with Crippen LogP contribution in [0, 0.1) is 0 Å². The molecule has 5 nitrogen and oxygen atoms in total. The van der Waals surface area contributed by atoms with Crippen molar-refractivity contribution in [3.05, 3.63) is 0 Å². The maximum absolute atomic E-state index is 11.1. The molecule has 5 atom stereocenters. The molecule has 1 saturated heterocycles. The summed E-state index contributed by atoms with van der Waals surface area (Å²) in [5.74, 6) is 0. The standard InChI is InChI=1S/C8H15BO5P/c1-3-15(12)4-13-6-5(10)8(2,11)7(9)14-6/h5-7,10-11H,3-4H2,1-2H3/q+1. The first-order valence-corrected chi connectivity index (χ1v) is 6.37. The molecule has 0 aliphatic carbocycles. The SMILES string of the molecule is [B]C1OC(OC[P+](=O)CC)C(O)C1(C)O. The minimum absolute atomic E-state index is 0.00361. The van der Waals surface area contributed by atoms with Gasteiger partial charge in [-0.25, -0.2) is 0 Å². The molecule has 5 unspecified atom stereocenters. The average molecular weight is 233 g/mol. The fourth-order valence-corrected chi connectivity index (χ4v) is 1.67. The topological polar surface area (TPSA) is 76.0 Å². The third-order valence-electron chi connectivity index (χ3n) is 2.45. The van der Waals surface area contributed by atoms with E-state index in [2.05, 4.69) is 0 Å². The highest BCUT2D eigenvalue weighted by molar-refractivity contribution is 7.44. The van der Waals surface area contributed by atoms with Crippen molar-refractivity contribution >= 4 is 15.6 Å². The van der Waals surface area contributed by atoms with Gasteiger partial charge in [0.15, 0.2) is 6.29 Å². The Kier molecular flexibility index (Phi) is 4.26. The molecular weight excluding hydrogens is 218 g/mol. The van der Waals surface area contributed by atoms with E-state index in [9.17, 15) is 14.8 Å². The number of ether oxygens (including phenoxy) is 2. The zero-order valence-corrected chi connectivity index (χ0v) is 9.68. The van der Waals surface area contributed by atoms with Crippen molar-refractivity contribution in [3.8, 4) is 0 Å². The molecule has 1 aliphatic heterocycles. The summed E-state index contributed by atoms with van der Waals surface area (Å²) in [6.07, 6.45) is -1.75. The summed E-state index contributed by atoms with van der Waals surface area (Å²) in [5.41, 5.74) is -1.54. The summed E-state index contributed by atoms with van der Waals surface area (Å²) < 4.78 is 21.2. The lowest BCUT2D eigenvalue weighted by molar-refractivity contribution is -0.148. The Hall–Kier alpha value is 0.00494. The summed E-state index contributed by atoms with van der Waals surface area (Å²) >= 11 is 0. The molecule has 2 radical (unpaired) electrons. The maximum atomic E-state index is 11.1. The van der Waals surface area contributed by atoms with Crippen LogP contribution in [0.5, 0.6) is 0 Å². The normalized spacial score (nSPS) is 41.9. The van der Waals surface area contributed by atoms with Gasteiger partial charge in [0.1, 0.15) is 25.7 Å². The molecule has 84 valence electrons. The zero-order valence-electron chi connectivity index (χ0n) is 8.79. The van der Waals surface area contributed by atoms with Gasteiger partial charge in [0.25, 0.3) is 0 Å². The second kappa shape index (κ2) is 4.89. The monoisotopic (exact) mass is 233 g/mol. The van der Waals surface area contributed by atoms with Crippen molar-refractivity contribution in [2.24, 2.45) is 0 Å². The van der Waals surface area contributed by atoms with E-state index in [0.717, 1.165) is 0 Å². The van der Waals surface area contributed by atoms with Crippen LogP contribution >= 0.6 is 7.80 Å². The molecule has 0 aromatic rings. The Balaban J connectivity index is 2.49. The predicted octanol–water partition coefficient (Wildman–Crippen LogP) is -0.229. The van der Waals surface area contributed by atoms with Crippen LogP contribution in [0.2, 0.25) is 0 Å². The van der Waals surface area contributed by atoms with Gasteiger partial charge in [0.05, 0.1) is 6.00 Å². The number of rotatable bonds is 4. The highest BCUT2D eigenvalue weighted by atomic mass is 31.1. The Morgan fingerprint density at radius 1 is 1.67 bits per heavy atom. The van der Waals surface area contributed by atoms with Crippen LogP contribution in [0.4, 0.5) is 0 Å². The smallest absolute Gasteiger partial charge is 0.366 e. The van der Waals surface area contributed by atoms with Crippen LogP contribution in [0.3, 0.4) is 0 Å². The third-order valence-corrected chi connectivity index (χ3v) is 3.59. The van der Waals surface area contributed by atoms with Gasteiger partial charge in [-0.1, -0.05) is 4.57 Å². The van der Waals surface area contributed by atoms with E-state index in [-0.39, 0.29) is 6.35 Å². The van der Waals surface area contributed by atoms with Gasteiger partial charge in [-0.15, -0.1) is 0 Å².